The van der Waals surface area contributed by atoms with Crippen LogP contribution in [0.2, 0.25) is 5.02 Å². The molecular weight excluding hydrogens is 340 g/mol. The smallest absolute Gasteiger partial charge is 0.255 e. The number of anilines is 1. The molecule has 1 heterocycles. The second-order valence-electron chi connectivity index (χ2n) is 6.04. The Morgan fingerprint density at radius 2 is 1.92 bits per heavy atom. The van der Waals surface area contributed by atoms with E-state index in [-0.39, 0.29) is 5.91 Å². The summed E-state index contributed by atoms with van der Waals surface area (Å²) in [6.45, 7) is 4.71. The summed E-state index contributed by atoms with van der Waals surface area (Å²) in [5.41, 5.74) is 2.51. The van der Waals surface area contributed by atoms with E-state index in [1.807, 2.05) is 12.1 Å². The van der Waals surface area contributed by atoms with Crippen LogP contribution < -0.4 is 15.0 Å². The third-order valence-corrected chi connectivity index (χ3v) is 4.58. The number of rotatable bonds is 5. The lowest BCUT2D eigenvalue weighted by atomic mass is 10.1. The highest BCUT2D eigenvalue weighted by Crippen LogP contribution is 2.25. The summed E-state index contributed by atoms with van der Waals surface area (Å²) in [4.78, 5) is 13.9. The number of ether oxygens (including phenoxy) is 2. The molecule has 0 radical (unpaired) electrons. The fourth-order valence-corrected chi connectivity index (χ4v) is 3.10. The minimum absolute atomic E-state index is 0.198. The van der Waals surface area contributed by atoms with E-state index < -0.39 is 0 Å². The van der Waals surface area contributed by atoms with Gasteiger partial charge in [-0.3, -0.25) is 4.79 Å². The topological polar surface area (TPSA) is 52.0 Å². The van der Waals surface area contributed by atoms with Crippen LogP contribution in [0.5, 0.6) is 5.75 Å². The third kappa shape index (κ3) is 4.72. The van der Waals surface area contributed by atoms with Crippen LogP contribution in [0.4, 0.5) is 5.69 Å². The molecule has 0 atom stereocenters. The van der Waals surface area contributed by atoms with Crippen molar-refractivity contribution in [2.24, 2.45) is 0 Å². The van der Waals surface area contributed by atoms with Gasteiger partial charge in [-0.2, -0.15) is 0 Å². The number of halogens is 1. The normalized spacial score (nSPS) is 15.0. The van der Waals surface area contributed by atoms with Crippen molar-refractivity contribution < 1.29 is 19.2 Å². The second-order valence-corrected chi connectivity index (χ2v) is 6.45. The molecule has 2 N–H and O–H groups in total. The Hall–Kier alpha value is -2.08. The van der Waals surface area contributed by atoms with Crippen LogP contribution in [0, 0.1) is 0 Å². The minimum atomic E-state index is -0.198. The Kier molecular flexibility index (Phi) is 5.91. The molecule has 0 unspecified atom stereocenters. The van der Waals surface area contributed by atoms with Crippen LogP contribution in [0.15, 0.2) is 42.5 Å². The predicted molar refractivity (Wildman–Crippen MR) is 97.6 cm³/mol. The van der Waals surface area contributed by atoms with Crippen molar-refractivity contribution in [2.75, 3.05) is 38.7 Å². The molecule has 1 aliphatic rings. The Labute approximate surface area is 152 Å². The van der Waals surface area contributed by atoms with Crippen molar-refractivity contribution in [2.45, 2.75) is 6.54 Å². The predicted octanol–water partition coefficient (Wildman–Crippen LogP) is 2.02. The van der Waals surface area contributed by atoms with Gasteiger partial charge < -0.3 is 19.7 Å². The molecule has 0 saturated carbocycles. The molecule has 3 rings (SSSR count). The van der Waals surface area contributed by atoms with Gasteiger partial charge in [0.1, 0.15) is 25.4 Å². The average Bonchev–Trinajstić information content (AvgIpc) is 2.64. The number of benzene rings is 2. The lowest BCUT2D eigenvalue weighted by Gasteiger charge is -2.23. The van der Waals surface area contributed by atoms with Crippen molar-refractivity contribution >= 4 is 23.2 Å². The molecule has 132 valence electrons. The third-order valence-electron chi connectivity index (χ3n) is 4.28. The molecule has 1 amide bonds. The lowest BCUT2D eigenvalue weighted by molar-refractivity contribution is -0.921. The van der Waals surface area contributed by atoms with E-state index in [2.05, 4.69) is 17.4 Å². The first-order chi connectivity index (χ1) is 12.2. The van der Waals surface area contributed by atoms with Gasteiger partial charge in [-0.05, 0) is 30.3 Å². The van der Waals surface area contributed by atoms with E-state index in [1.165, 1.54) is 10.5 Å². The molecule has 0 spiro atoms. The van der Waals surface area contributed by atoms with E-state index in [4.69, 9.17) is 21.1 Å². The summed E-state index contributed by atoms with van der Waals surface area (Å²) in [6.07, 6.45) is 0. The van der Waals surface area contributed by atoms with Crippen molar-refractivity contribution in [1.29, 1.82) is 0 Å². The number of nitrogens with one attached hydrogen (secondary N) is 2. The van der Waals surface area contributed by atoms with Crippen molar-refractivity contribution in [3.63, 3.8) is 0 Å². The summed E-state index contributed by atoms with van der Waals surface area (Å²) in [7, 11) is 1.54. The maximum atomic E-state index is 12.3. The number of hydrogen-bond donors (Lipinski definition) is 2. The minimum Gasteiger partial charge on any atom is -0.495 e. The fourth-order valence-electron chi connectivity index (χ4n) is 2.84. The van der Waals surface area contributed by atoms with Crippen LogP contribution in [-0.2, 0) is 11.3 Å². The molecule has 2 aromatic rings. The standard InChI is InChI=1S/C19H21ClN2O3/c1-24-18-7-4-15(12-17(18)20)19(23)21-16-5-2-14(3-6-16)13-22-8-10-25-11-9-22/h2-7,12H,8-11,13H2,1H3,(H,21,23)/p+1. The molecule has 0 bridgehead atoms. The van der Waals surface area contributed by atoms with Crippen molar-refractivity contribution in [3.8, 4) is 5.75 Å². The summed E-state index contributed by atoms with van der Waals surface area (Å²) in [6, 6.07) is 12.9. The van der Waals surface area contributed by atoms with Gasteiger partial charge in [-0.25, -0.2) is 0 Å². The van der Waals surface area contributed by atoms with Crippen LogP contribution >= 0.6 is 11.6 Å². The zero-order valence-electron chi connectivity index (χ0n) is 14.2. The molecule has 1 saturated heterocycles. The maximum Gasteiger partial charge on any atom is 0.255 e. The van der Waals surface area contributed by atoms with Gasteiger partial charge in [-0.15, -0.1) is 0 Å². The van der Waals surface area contributed by atoms with E-state index in [0.29, 0.717) is 16.3 Å². The van der Waals surface area contributed by atoms with Crippen molar-refractivity contribution in [3.05, 3.63) is 58.6 Å². The molecule has 25 heavy (non-hydrogen) atoms. The summed E-state index contributed by atoms with van der Waals surface area (Å²) >= 11 is 6.07. The van der Waals surface area contributed by atoms with Gasteiger partial charge in [0, 0.05) is 16.8 Å². The zero-order chi connectivity index (χ0) is 17.6. The van der Waals surface area contributed by atoms with Crippen molar-refractivity contribution in [1.82, 2.24) is 0 Å². The molecule has 6 heteroatoms. The highest BCUT2D eigenvalue weighted by atomic mass is 35.5. The van der Waals surface area contributed by atoms with Gasteiger partial charge in [0.2, 0.25) is 0 Å². The number of hydrogen-bond acceptors (Lipinski definition) is 3. The molecule has 2 aromatic carbocycles. The highest BCUT2D eigenvalue weighted by Gasteiger charge is 2.14. The van der Waals surface area contributed by atoms with Gasteiger partial charge >= 0.3 is 0 Å². The Bertz CT molecular complexity index is 728. The number of morpholine rings is 1. The van der Waals surface area contributed by atoms with Crippen LogP contribution in [0.25, 0.3) is 0 Å². The van der Waals surface area contributed by atoms with Gasteiger partial charge in [0.05, 0.1) is 25.3 Å². The Morgan fingerprint density at radius 1 is 1.20 bits per heavy atom. The van der Waals surface area contributed by atoms with Gasteiger partial charge in [0.15, 0.2) is 0 Å². The summed E-state index contributed by atoms with van der Waals surface area (Å²) in [5, 5.41) is 3.30. The first kappa shape index (κ1) is 17.7. The average molecular weight is 362 g/mol. The first-order valence-corrected chi connectivity index (χ1v) is 8.68. The number of carbonyl (C=O) groups excluding carboxylic acids is 1. The van der Waals surface area contributed by atoms with E-state index in [9.17, 15) is 4.79 Å². The fraction of sp³-hybridized carbons (Fsp3) is 0.316. The number of carbonyl (C=O) groups is 1. The molecular formula is C19H22ClN2O3+. The van der Waals surface area contributed by atoms with Crippen LogP contribution in [0.3, 0.4) is 0 Å². The quantitative estimate of drug-likeness (QED) is 0.856. The molecule has 0 aliphatic carbocycles. The number of quaternary nitrogens is 1. The zero-order valence-corrected chi connectivity index (χ0v) is 14.9. The molecule has 0 aromatic heterocycles. The largest absolute Gasteiger partial charge is 0.495 e. The SMILES string of the molecule is COc1ccc(C(=O)Nc2ccc(C[NH+]3CCOCC3)cc2)cc1Cl. The summed E-state index contributed by atoms with van der Waals surface area (Å²) < 4.78 is 10.5. The van der Waals surface area contributed by atoms with E-state index in [0.717, 1.165) is 38.5 Å². The molecule has 5 nitrogen and oxygen atoms in total. The lowest BCUT2D eigenvalue weighted by Crippen LogP contribution is -3.12. The maximum absolute atomic E-state index is 12.3. The highest BCUT2D eigenvalue weighted by molar-refractivity contribution is 6.32. The number of methoxy groups -OCH3 is 1. The van der Waals surface area contributed by atoms with E-state index >= 15 is 0 Å². The van der Waals surface area contributed by atoms with Gasteiger partial charge in [0.25, 0.3) is 5.91 Å². The monoisotopic (exact) mass is 361 g/mol. The summed E-state index contributed by atoms with van der Waals surface area (Å²) in [5.74, 6) is 0.351. The van der Waals surface area contributed by atoms with Crippen LogP contribution in [-0.4, -0.2) is 39.3 Å². The molecule has 1 aliphatic heterocycles. The van der Waals surface area contributed by atoms with E-state index in [1.54, 1.807) is 25.3 Å². The first-order valence-electron chi connectivity index (χ1n) is 8.31. The number of amides is 1. The van der Waals surface area contributed by atoms with Gasteiger partial charge in [-0.1, -0.05) is 23.7 Å². The Balaban J connectivity index is 1.60. The molecule has 1 fully saturated rings. The second kappa shape index (κ2) is 8.34. The Morgan fingerprint density at radius 3 is 2.56 bits per heavy atom. The van der Waals surface area contributed by atoms with Crippen LogP contribution in [0.1, 0.15) is 15.9 Å².